The van der Waals surface area contributed by atoms with Crippen LogP contribution in [0.25, 0.3) is 0 Å². The third-order valence-corrected chi connectivity index (χ3v) is 2.41. The quantitative estimate of drug-likeness (QED) is 0.508. The molecule has 0 aliphatic rings. The Hall–Kier alpha value is -1.15. The van der Waals surface area contributed by atoms with E-state index in [0.29, 0.717) is 0 Å². The van der Waals surface area contributed by atoms with Gasteiger partial charge in [0.15, 0.2) is 5.25 Å². The van der Waals surface area contributed by atoms with E-state index in [-0.39, 0.29) is 0 Å². The zero-order valence-electron chi connectivity index (χ0n) is 6.37. The molecule has 0 aliphatic carbocycles. The molecule has 0 unspecified atom stereocenters. The van der Waals surface area contributed by atoms with E-state index in [1.165, 1.54) is 0 Å². The molecule has 1 atom stereocenters. The van der Waals surface area contributed by atoms with Gasteiger partial charge < -0.3 is 10.2 Å². The Balaban J connectivity index is 4.47. The summed E-state index contributed by atoms with van der Waals surface area (Å²) in [5, 5.41) is 14.4. The molecule has 0 amide bonds. The average Bonchev–Trinajstić information content (AvgIpc) is 1.81. The Morgan fingerprint density at radius 3 is 1.92 bits per heavy atom. The third kappa shape index (κ3) is 4.43. The van der Waals surface area contributed by atoms with Gasteiger partial charge in [-0.3, -0.25) is 14.1 Å². The highest BCUT2D eigenvalue weighted by Gasteiger charge is 2.30. The molecular formula is C5H8O7S. The molecule has 0 aromatic carbocycles. The predicted octanol–water partition coefficient (Wildman–Crippen LogP) is -0.808. The van der Waals surface area contributed by atoms with Crippen LogP contribution in [0.3, 0.4) is 0 Å². The van der Waals surface area contributed by atoms with Crippen LogP contribution in [0.15, 0.2) is 0 Å². The van der Waals surface area contributed by atoms with Crippen molar-refractivity contribution in [1.82, 2.24) is 0 Å². The Morgan fingerprint density at radius 1 is 1.23 bits per heavy atom. The second kappa shape index (κ2) is 4.19. The highest BCUT2D eigenvalue weighted by atomic mass is 32.2. The van der Waals surface area contributed by atoms with Gasteiger partial charge in [0.05, 0.1) is 0 Å². The first-order chi connectivity index (χ1) is 5.75. The van der Waals surface area contributed by atoms with Gasteiger partial charge in [0.25, 0.3) is 10.1 Å². The lowest BCUT2D eigenvalue weighted by Gasteiger charge is -2.06. The van der Waals surface area contributed by atoms with Crippen LogP contribution in [0.2, 0.25) is 0 Å². The summed E-state index contributed by atoms with van der Waals surface area (Å²) in [6, 6.07) is 0. The molecule has 0 aromatic rings. The van der Waals surface area contributed by atoms with Crippen molar-refractivity contribution in [2.45, 2.75) is 18.1 Å². The van der Waals surface area contributed by atoms with Crippen LogP contribution in [0.4, 0.5) is 0 Å². The maximum Gasteiger partial charge on any atom is 0.324 e. The first kappa shape index (κ1) is 11.8. The van der Waals surface area contributed by atoms with Gasteiger partial charge in [0.1, 0.15) is 0 Å². The molecular weight excluding hydrogens is 204 g/mol. The van der Waals surface area contributed by atoms with E-state index >= 15 is 0 Å². The summed E-state index contributed by atoms with van der Waals surface area (Å²) in [6.07, 6.45) is -1.28. The first-order valence-electron chi connectivity index (χ1n) is 3.16. The van der Waals surface area contributed by atoms with Gasteiger partial charge in [-0.2, -0.15) is 8.42 Å². The largest absolute Gasteiger partial charge is 0.481 e. The average molecular weight is 212 g/mol. The van der Waals surface area contributed by atoms with E-state index < -0.39 is 40.1 Å². The summed E-state index contributed by atoms with van der Waals surface area (Å²) in [6.45, 7) is 0. The fraction of sp³-hybridized carbons (Fsp3) is 0.600. The van der Waals surface area contributed by atoms with Crippen molar-refractivity contribution in [3.8, 4) is 0 Å². The molecule has 0 saturated heterocycles. The molecule has 0 heterocycles. The van der Waals surface area contributed by atoms with Crippen molar-refractivity contribution >= 4 is 22.1 Å². The Kier molecular flexibility index (Phi) is 3.82. The highest BCUT2D eigenvalue weighted by Crippen LogP contribution is 2.07. The van der Waals surface area contributed by atoms with Gasteiger partial charge in [-0.05, 0) is 6.42 Å². The normalized spacial score (nSPS) is 13.6. The number of hydrogen-bond donors (Lipinski definition) is 3. The lowest BCUT2D eigenvalue weighted by Crippen LogP contribution is -2.30. The highest BCUT2D eigenvalue weighted by molar-refractivity contribution is 7.87. The standard InChI is InChI=1S/C5H8O7S/c6-4(7)2-1-3(5(8)9)13(10,11)12/h3H,1-2H2,(H,6,7)(H,8,9)(H,10,11,12)/t3-/m0/s1. The van der Waals surface area contributed by atoms with E-state index in [9.17, 15) is 18.0 Å². The molecule has 76 valence electrons. The van der Waals surface area contributed by atoms with Crippen LogP contribution >= 0.6 is 0 Å². The fourth-order valence-electron chi connectivity index (χ4n) is 0.654. The molecule has 13 heavy (non-hydrogen) atoms. The van der Waals surface area contributed by atoms with Crippen molar-refractivity contribution in [2.75, 3.05) is 0 Å². The predicted molar refractivity (Wildman–Crippen MR) is 39.8 cm³/mol. The van der Waals surface area contributed by atoms with E-state index in [2.05, 4.69) is 0 Å². The molecule has 8 heteroatoms. The van der Waals surface area contributed by atoms with Crippen LogP contribution in [0.1, 0.15) is 12.8 Å². The van der Waals surface area contributed by atoms with Gasteiger partial charge in [-0.25, -0.2) is 0 Å². The summed E-state index contributed by atoms with van der Waals surface area (Å²) in [7, 11) is -4.72. The van der Waals surface area contributed by atoms with Crippen molar-refractivity contribution < 1.29 is 32.8 Å². The lowest BCUT2D eigenvalue weighted by atomic mass is 10.2. The number of aliphatic carboxylic acids is 2. The molecule has 0 aromatic heterocycles. The Labute approximate surface area is 73.7 Å². The molecule has 0 aliphatic heterocycles. The zero-order chi connectivity index (χ0) is 10.6. The molecule has 0 spiro atoms. The SMILES string of the molecule is O=C(O)CC[C@@H](C(=O)O)S(=O)(=O)O. The lowest BCUT2D eigenvalue weighted by molar-refractivity contribution is -0.138. The van der Waals surface area contributed by atoms with E-state index in [0.717, 1.165) is 0 Å². The van der Waals surface area contributed by atoms with E-state index in [1.54, 1.807) is 0 Å². The molecule has 3 N–H and O–H groups in total. The van der Waals surface area contributed by atoms with Crippen molar-refractivity contribution in [3.63, 3.8) is 0 Å². The summed E-state index contributed by atoms with van der Waals surface area (Å²) >= 11 is 0. The number of hydrogen-bond acceptors (Lipinski definition) is 4. The number of carbonyl (C=O) groups is 2. The molecule has 0 bridgehead atoms. The van der Waals surface area contributed by atoms with Crippen molar-refractivity contribution in [3.05, 3.63) is 0 Å². The molecule has 0 radical (unpaired) electrons. The maximum atomic E-state index is 10.4. The van der Waals surface area contributed by atoms with Crippen LogP contribution < -0.4 is 0 Å². The van der Waals surface area contributed by atoms with Crippen molar-refractivity contribution in [1.29, 1.82) is 0 Å². The Morgan fingerprint density at radius 2 is 1.69 bits per heavy atom. The van der Waals surface area contributed by atoms with Crippen LogP contribution in [-0.2, 0) is 19.7 Å². The summed E-state index contributed by atoms with van der Waals surface area (Å²) in [5.41, 5.74) is 0. The Bertz CT molecular complexity index is 303. The monoisotopic (exact) mass is 212 g/mol. The smallest absolute Gasteiger partial charge is 0.324 e. The minimum absolute atomic E-state index is 0.628. The number of carboxylic acid groups (broad SMARTS) is 2. The molecule has 7 nitrogen and oxygen atoms in total. The van der Waals surface area contributed by atoms with Gasteiger partial charge in [0.2, 0.25) is 0 Å². The van der Waals surface area contributed by atoms with Crippen LogP contribution in [0.5, 0.6) is 0 Å². The summed E-state index contributed by atoms with van der Waals surface area (Å²) in [5.74, 6) is -3.08. The third-order valence-electron chi connectivity index (χ3n) is 1.26. The minimum atomic E-state index is -4.72. The van der Waals surface area contributed by atoms with Gasteiger partial charge in [-0.15, -0.1) is 0 Å². The zero-order valence-corrected chi connectivity index (χ0v) is 7.19. The molecule has 0 rings (SSSR count). The second-order valence-corrected chi connectivity index (χ2v) is 3.87. The first-order valence-corrected chi connectivity index (χ1v) is 4.66. The molecule has 0 saturated carbocycles. The number of rotatable bonds is 5. The number of carboxylic acids is 2. The minimum Gasteiger partial charge on any atom is -0.481 e. The maximum absolute atomic E-state index is 10.4. The van der Waals surface area contributed by atoms with E-state index in [1.807, 2.05) is 0 Å². The summed E-state index contributed by atoms with van der Waals surface area (Å²) < 4.78 is 29.1. The van der Waals surface area contributed by atoms with Crippen LogP contribution in [0, 0.1) is 0 Å². The van der Waals surface area contributed by atoms with E-state index in [4.69, 9.17) is 14.8 Å². The second-order valence-electron chi connectivity index (χ2n) is 2.27. The summed E-state index contributed by atoms with van der Waals surface area (Å²) in [4.78, 5) is 20.2. The van der Waals surface area contributed by atoms with Gasteiger partial charge in [-0.1, -0.05) is 0 Å². The topological polar surface area (TPSA) is 129 Å². The van der Waals surface area contributed by atoms with Gasteiger partial charge >= 0.3 is 11.9 Å². The molecule has 0 fully saturated rings. The van der Waals surface area contributed by atoms with Crippen LogP contribution in [-0.4, -0.2) is 40.4 Å². The van der Waals surface area contributed by atoms with Gasteiger partial charge in [0, 0.05) is 6.42 Å². The fourth-order valence-corrected chi connectivity index (χ4v) is 1.32. The van der Waals surface area contributed by atoms with Crippen molar-refractivity contribution in [2.24, 2.45) is 0 Å².